The number of methoxy groups -OCH3 is 1. The number of aromatic hydroxyl groups is 1. The van der Waals surface area contributed by atoms with Crippen LogP contribution >= 0.6 is 0 Å². The van der Waals surface area contributed by atoms with Crippen LogP contribution in [0.25, 0.3) is 0 Å². The highest BCUT2D eigenvalue weighted by Gasteiger charge is 2.37. The fourth-order valence-electron chi connectivity index (χ4n) is 2.38. The molecular weight excluding hydrogens is 256 g/mol. The van der Waals surface area contributed by atoms with Crippen LogP contribution in [0.3, 0.4) is 0 Å². The molecule has 0 aliphatic heterocycles. The first-order chi connectivity index (χ1) is 9.54. The minimum absolute atomic E-state index is 0.165. The van der Waals surface area contributed by atoms with Crippen LogP contribution < -0.4 is 11.1 Å². The Morgan fingerprint density at radius 1 is 1.45 bits per heavy atom. The molecule has 1 amide bonds. The average Bonchev–Trinajstić information content (AvgIpc) is 2.40. The van der Waals surface area contributed by atoms with Crippen molar-refractivity contribution in [2.75, 3.05) is 13.7 Å². The summed E-state index contributed by atoms with van der Waals surface area (Å²) in [5, 5.41) is 12.1. The molecule has 0 bridgehead atoms. The number of carbonyl (C=O) groups is 1. The van der Waals surface area contributed by atoms with Gasteiger partial charge in [0, 0.05) is 13.7 Å². The maximum Gasteiger partial charge on any atom is 0.237 e. The zero-order valence-electron chi connectivity index (χ0n) is 11.8. The van der Waals surface area contributed by atoms with Crippen LogP contribution in [0, 0.1) is 0 Å². The van der Waals surface area contributed by atoms with Crippen LogP contribution in [0.4, 0.5) is 0 Å². The van der Waals surface area contributed by atoms with Crippen molar-refractivity contribution < 1.29 is 14.6 Å². The molecule has 0 unspecified atom stereocenters. The van der Waals surface area contributed by atoms with Crippen molar-refractivity contribution in [3.05, 3.63) is 29.8 Å². The third kappa shape index (κ3) is 3.49. The summed E-state index contributed by atoms with van der Waals surface area (Å²) >= 11 is 0. The normalized spacial score (nSPS) is 18.1. The van der Waals surface area contributed by atoms with Crippen molar-refractivity contribution >= 4 is 5.91 Å². The van der Waals surface area contributed by atoms with Gasteiger partial charge in [-0.05, 0) is 43.4 Å². The minimum Gasteiger partial charge on any atom is -0.508 e. The number of amides is 1. The molecule has 5 heteroatoms. The predicted octanol–water partition coefficient (Wildman–Crippen LogP) is 0.947. The molecule has 2 rings (SSSR count). The molecule has 1 aliphatic carbocycles. The van der Waals surface area contributed by atoms with Gasteiger partial charge in [-0.1, -0.05) is 12.1 Å². The lowest BCUT2D eigenvalue weighted by atomic mass is 9.80. The van der Waals surface area contributed by atoms with E-state index in [9.17, 15) is 9.90 Å². The zero-order valence-corrected chi connectivity index (χ0v) is 11.8. The fourth-order valence-corrected chi connectivity index (χ4v) is 2.38. The van der Waals surface area contributed by atoms with Gasteiger partial charge in [0.05, 0.1) is 11.6 Å². The number of carbonyl (C=O) groups excluding carboxylic acids is 1. The fraction of sp³-hybridized carbons (Fsp3) is 0.533. The summed E-state index contributed by atoms with van der Waals surface area (Å²) in [4.78, 5) is 12.0. The van der Waals surface area contributed by atoms with Crippen LogP contribution in [0.1, 0.15) is 24.8 Å². The van der Waals surface area contributed by atoms with E-state index < -0.39 is 6.04 Å². The second-order valence-electron chi connectivity index (χ2n) is 5.44. The zero-order chi connectivity index (χ0) is 14.6. The number of ether oxygens (including phenoxy) is 1. The van der Waals surface area contributed by atoms with Gasteiger partial charge in [0.25, 0.3) is 0 Å². The number of nitrogens with two attached hydrogens (primary N) is 1. The number of hydrogen-bond donors (Lipinski definition) is 3. The van der Waals surface area contributed by atoms with E-state index in [2.05, 4.69) is 5.32 Å². The summed E-state index contributed by atoms with van der Waals surface area (Å²) in [5.74, 6) is 0.0418. The maximum absolute atomic E-state index is 12.0. The molecular formula is C15H22N2O3. The predicted molar refractivity (Wildman–Crippen MR) is 76.4 cm³/mol. The second kappa shape index (κ2) is 6.24. The first kappa shape index (κ1) is 14.8. The maximum atomic E-state index is 12.0. The quantitative estimate of drug-likeness (QED) is 0.723. The highest BCUT2D eigenvalue weighted by molar-refractivity contribution is 5.81. The lowest BCUT2D eigenvalue weighted by Gasteiger charge is -2.40. The van der Waals surface area contributed by atoms with Crippen LogP contribution in [0.2, 0.25) is 0 Å². The molecule has 5 nitrogen and oxygen atoms in total. The SMILES string of the molecule is COC1(CNC(=O)[C@H](N)Cc2ccc(O)cc2)CCC1. The topological polar surface area (TPSA) is 84.6 Å². The van der Waals surface area contributed by atoms with E-state index in [0.29, 0.717) is 13.0 Å². The van der Waals surface area contributed by atoms with Crippen molar-refractivity contribution in [2.45, 2.75) is 37.3 Å². The van der Waals surface area contributed by atoms with E-state index in [0.717, 1.165) is 24.8 Å². The van der Waals surface area contributed by atoms with Crippen molar-refractivity contribution in [1.29, 1.82) is 0 Å². The third-order valence-electron chi connectivity index (χ3n) is 4.01. The monoisotopic (exact) mass is 278 g/mol. The number of phenols is 1. The van der Waals surface area contributed by atoms with Crippen LogP contribution in [0.15, 0.2) is 24.3 Å². The largest absolute Gasteiger partial charge is 0.508 e. The van der Waals surface area contributed by atoms with Gasteiger partial charge in [0.2, 0.25) is 5.91 Å². The standard InChI is InChI=1S/C15H22N2O3/c1-20-15(7-2-8-15)10-17-14(19)13(16)9-11-3-5-12(18)6-4-11/h3-6,13,18H,2,7-10,16H2,1H3,(H,17,19)/t13-/m1/s1. The second-order valence-corrected chi connectivity index (χ2v) is 5.44. The highest BCUT2D eigenvalue weighted by atomic mass is 16.5. The Hall–Kier alpha value is -1.59. The third-order valence-corrected chi connectivity index (χ3v) is 4.01. The Bertz CT molecular complexity index is 449. The molecule has 1 aliphatic rings. The number of benzene rings is 1. The summed E-state index contributed by atoms with van der Waals surface area (Å²) in [6.45, 7) is 0.519. The van der Waals surface area contributed by atoms with Crippen molar-refractivity contribution in [2.24, 2.45) is 5.73 Å². The number of hydrogen-bond acceptors (Lipinski definition) is 4. The molecule has 110 valence electrons. The average molecular weight is 278 g/mol. The summed E-state index contributed by atoms with van der Waals surface area (Å²) in [6, 6.07) is 6.13. The molecule has 20 heavy (non-hydrogen) atoms. The Labute approximate surface area is 119 Å². The smallest absolute Gasteiger partial charge is 0.237 e. The Balaban J connectivity index is 1.81. The molecule has 1 saturated carbocycles. The molecule has 0 aromatic heterocycles. The highest BCUT2D eigenvalue weighted by Crippen LogP contribution is 2.34. The van der Waals surface area contributed by atoms with Gasteiger partial charge in [-0.2, -0.15) is 0 Å². The van der Waals surface area contributed by atoms with Gasteiger partial charge in [-0.25, -0.2) is 0 Å². The molecule has 0 spiro atoms. The number of phenolic OH excluding ortho intramolecular Hbond substituents is 1. The molecule has 0 saturated heterocycles. The van der Waals surface area contributed by atoms with Crippen LogP contribution in [0.5, 0.6) is 5.75 Å². The van der Waals surface area contributed by atoms with Gasteiger partial charge in [0.1, 0.15) is 5.75 Å². The first-order valence-corrected chi connectivity index (χ1v) is 6.91. The minimum atomic E-state index is -0.589. The van der Waals surface area contributed by atoms with E-state index in [1.54, 1.807) is 31.4 Å². The van der Waals surface area contributed by atoms with Gasteiger partial charge in [-0.3, -0.25) is 4.79 Å². The van der Waals surface area contributed by atoms with Gasteiger partial charge in [0.15, 0.2) is 0 Å². The lowest BCUT2D eigenvalue weighted by Crippen LogP contribution is -2.52. The molecule has 1 aromatic carbocycles. The van der Waals surface area contributed by atoms with E-state index in [4.69, 9.17) is 10.5 Å². The Kier molecular flexibility index (Phi) is 4.62. The molecule has 1 atom stereocenters. The molecule has 1 aromatic rings. The van der Waals surface area contributed by atoms with Crippen LogP contribution in [-0.2, 0) is 16.0 Å². The molecule has 0 heterocycles. The van der Waals surface area contributed by atoms with Crippen molar-refractivity contribution in [1.82, 2.24) is 5.32 Å². The van der Waals surface area contributed by atoms with E-state index in [-0.39, 0.29) is 17.3 Å². The van der Waals surface area contributed by atoms with Gasteiger partial charge in [-0.15, -0.1) is 0 Å². The summed E-state index contributed by atoms with van der Waals surface area (Å²) in [6.07, 6.45) is 3.56. The van der Waals surface area contributed by atoms with E-state index >= 15 is 0 Å². The first-order valence-electron chi connectivity index (χ1n) is 6.91. The molecule has 1 fully saturated rings. The van der Waals surface area contributed by atoms with Crippen molar-refractivity contribution in [3.8, 4) is 5.75 Å². The summed E-state index contributed by atoms with van der Waals surface area (Å²) in [5.41, 5.74) is 6.64. The molecule has 0 radical (unpaired) electrons. The van der Waals surface area contributed by atoms with Crippen molar-refractivity contribution in [3.63, 3.8) is 0 Å². The van der Waals surface area contributed by atoms with E-state index in [1.807, 2.05) is 0 Å². The lowest BCUT2D eigenvalue weighted by molar-refractivity contribution is -0.126. The molecule has 4 N–H and O–H groups in total. The Morgan fingerprint density at radius 2 is 2.10 bits per heavy atom. The van der Waals surface area contributed by atoms with Gasteiger partial charge >= 0.3 is 0 Å². The van der Waals surface area contributed by atoms with Crippen LogP contribution in [-0.4, -0.2) is 36.3 Å². The Morgan fingerprint density at radius 3 is 2.60 bits per heavy atom. The number of rotatable bonds is 6. The summed E-state index contributed by atoms with van der Waals surface area (Å²) in [7, 11) is 1.68. The summed E-state index contributed by atoms with van der Waals surface area (Å²) < 4.78 is 5.45. The number of nitrogens with one attached hydrogen (secondary N) is 1. The van der Waals surface area contributed by atoms with E-state index in [1.165, 1.54) is 0 Å². The van der Waals surface area contributed by atoms with Gasteiger partial charge < -0.3 is 20.9 Å².